The first-order chi connectivity index (χ1) is 8.58. The van der Waals surface area contributed by atoms with E-state index in [1.54, 1.807) is 42.7 Å². The fraction of sp³-hybridized carbons (Fsp3) is 0.154. The summed E-state index contributed by atoms with van der Waals surface area (Å²) < 4.78 is 4.96. The summed E-state index contributed by atoms with van der Waals surface area (Å²) >= 11 is 5.82. The zero-order chi connectivity index (χ0) is 13.1. The normalized spacial score (nSPS) is 10.3. The van der Waals surface area contributed by atoms with E-state index in [0.717, 1.165) is 5.56 Å². The van der Waals surface area contributed by atoms with Crippen molar-refractivity contribution in [2.45, 2.75) is 6.54 Å². The van der Waals surface area contributed by atoms with Gasteiger partial charge in [0.15, 0.2) is 0 Å². The fourth-order valence-electron chi connectivity index (χ4n) is 1.63. The Hall–Kier alpha value is -1.94. The van der Waals surface area contributed by atoms with Gasteiger partial charge in [-0.2, -0.15) is 0 Å². The molecule has 1 aromatic heterocycles. The maximum Gasteiger partial charge on any atom is 0.253 e. The molecule has 1 aromatic carbocycles. The van der Waals surface area contributed by atoms with Crippen LogP contribution in [0.5, 0.6) is 0 Å². The highest BCUT2D eigenvalue weighted by Gasteiger charge is 2.13. The lowest BCUT2D eigenvalue weighted by atomic mass is 10.1. The smallest absolute Gasteiger partial charge is 0.253 e. The van der Waals surface area contributed by atoms with Crippen molar-refractivity contribution in [2.24, 2.45) is 0 Å². The summed E-state index contributed by atoms with van der Waals surface area (Å²) in [6.45, 7) is 0.484. The number of furan rings is 1. The van der Waals surface area contributed by atoms with Gasteiger partial charge in [-0.1, -0.05) is 11.6 Å². The largest absolute Gasteiger partial charge is 0.472 e. The fourth-order valence-corrected chi connectivity index (χ4v) is 1.74. The van der Waals surface area contributed by atoms with Crippen molar-refractivity contribution >= 4 is 23.2 Å². The van der Waals surface area contributed by atoms with Crippen molar-refractivity contribution in [2.75, 3.05) is 12.8 Å². The topological polar surface area (TPSA) is 59.5 Å². The van der Waals surface area contributed by atoms with Crippen molar-refractivity contribution in [1.82, 2.24) is 4.90 Å². The molecule has 5 heteroatoms. The molecule has 0 aliphatic heterocycles. The summed E-state index contributed by atoms with van der Waals surface area (Å²) in [4.78, 5) is 13.7. The summed E-state index contributed by atoms with van der Waals surface area (Å²) in [7, 11) is 1.72. The average molecular weight is 265 g/mol. The van der Waals surface area contributed by atoms with Crippen LogP contribution in [0.15, 0.2) is 41.2 Å². The average Bonchev–Trinajstić information content (AvgIpc) is 2.84. The molecule has 0 spiro atoms. The number of carbonyl (C=O) groups excluding carboxylic acids is 1. The van der Waals surface area contributed by atoms with Crippen LogP contribution in [0.2, 0.25) is 5.02 Å². The van der Waals surface area contributed by atoms with Crippen LogP contribution in [-0.2, 0) is 6.54 Å². The van der Waals surface area contributed by atoms with Crippen LogP contribution >= 0.6 is 11.6 Å². The maximum atomic E-state index is 12.1. The number of amides is 1. The number of nitrogens with zero attached hydrogens (tertiary/aromatic N) is 1. The zero-order valence-corrected chi connectivity index (χ0v) is 10.6. The van der Waals surface area contributed by atoms with E-state index in [1.165, 1.54) is 0 Å². The summed E-state index contributed by atoms with van der Waals surface area (Å²) in [5.41, 5.74) is 7.53. The van der Waals surface area contributed by atoms with E-state index in [-0.39, 0.29) is 5.91 Å². The molecule has 0 saturated heterocycles. The zero-order valence-electron chi connectivity index (χ0n) is 9.89. The van der Waals surface area contributed by atoms with Gasteiger partial charge in [0.1, 0.15) is 0 Å². The van der Waals surface area contributed by atoms with Crippen molar-refractivity contribution in [3.8, 4) is 0 Å². The number of hydrogen-bond donors (Lipinski definition) is 1. The Labute approximate surface area is 110 Å². The van der Waals surface area contributed by atoms with E-state index < -0.39 is 0 Å². The van der Waals surface area contributed by atoms with Gasteiger partial charge in [-0.15, -0.1) is 0 Å². The standard InChI is InChI=1S/C13H13ClN2O2/c1-16(7-9-4-5-18-8-9)13(17)10-2-3-11(14)12(15)6-10/h2-6,8H,7,15H2,1H3. The molecule has 2 aromatic rings. The molecule has 94 valence electrons. The number of nitrogens with two attached hydrogens (primary N) is 1. The third-order valence-corrected chi connectivity index (χ3v) is 2.93. The van der Waals surface area contributed by atoms with Gasteiger partial charge < -0.3 is 15.1 Å². The Kier molecular flexibility index (Phi) is 3.58. The number of hydrogen-bond acceptors (Lipinski definition) is 3. The maximum absolute atomic E-state index is 12.1. The quantitative estimate of drug-likeness (QED) is 0.867. The van der Waals surface area contributed by atoms with E-state index in [1.807, 2.05) is 6.07 Å². The van der Waals surface area contributed by atoms with Gasteiger partial charge >= 0.3 is 0 Å². The molecule has 4 nitrogen and oxygen atoms in total. The van der Waals surface area contributed by atoms with Crippen LogP contribution in [0, 0.1) is 0 Å². The molecule has 0 aliphatic rings. The SMILES string of the molecule is CN(Cc1ccoc1)C(=O)c1ccc(Cl)c(N)c1. The van der Waals surface area contributed by atoms with Gasteiger partial charge in [0.2, 0.25) is 0 Å². The van der Waals surface area contributed by atoms with Crippen molar-refractivity contribution < 1.29 is 9.21 Å². The summed E-state index contributed by atoms with van der Waals surface area (Å²) in [5.74, 6) is -0.112. The molecule has 0 bridgehead atoms. The Morgan fingerprint density at radius 3 is 2.83 bits per heavy atom. The molecule has 0 atom stereocenters. The molecule has 1 heterocycles. The van der Waals surface area contributed by atoms with Gasteiger partial charge in [0.05, 0.1) is 23.2 Å². The van der Waals surface area contributed by atoms with Crippen LogP contribution in [0.25, 0.3) is 0 Å². The van der Waals surface area contributed by atoms with Crippen LogP contribution in [0.4, 0.5) is 5.69 Å². The van der Waals surface area contributed by atoms with Gasteiger partial charge in [0, 0.05) is 24.7 Å². The van der Waals surface area contributed by atoms with Crippen LogP contribution in [0.1, 0.15) is 15.9 Å². The Bertz CT molecular complexity index is 552. The third-order valence-electron chi connectivity index (χ3n) is 2.59. The lowest BCUT2D eigenvalue weighted by molar-refractivity contribution is 0.0785. The Morgan fingerprint density at radius 1 is 1.44 bits per heavy atom. The highest BCUT2D eigenvalue weighted by atomic mass is 35.5. The first-order valence-electron chi connectivity index (χ1n) is 5.39. The minimum Gasteiger partial charge on any atom is -0.472 e. The highest BCUT2D eigenvalue weighted by Crippen LogP contribution is 2.20. The summed E-state index contributed by atoms with van der Waals surface area (Å²) in [6, 6.07) is 6.68. The molecule has 0 radical (unpaired) electrons. The summed E-state index contributed by atoms with van der Waals surface area (Å²) in [5, 5.41) is 0.448. The second-order valence-corrected chi connectivity index (χ2v) is 4.44. The third kappa shape index (κ3) is 2.65. The number of anilines is 1. The van der Waals surface area contributed by atoms with Gasteiger partial charge in [-0.3, -0.25) is 4.79 Å². The lowest BCUT2D eigenvalue weighted by Gasteiger charge is -2.16. The first kappa shape index (κ1) is 12.5. The predicted molar refractivity (Wildman–Crippen MR) is 70.4 cm³/mol. The second kappa shape index (κ2) is 5.14. The van der Waals surface area contributed by atoms with E-state index in [0.29, 0.717) is 22.8 Å². The highest BCUT2D eigenvalue weighted by molar-refractivity contribution is 6.33. The van der Waals surface area contributed by atoms with Gasteiger partial charge in [-0.25, -0.2) is 0 Å². The van der Waals surface area contributed by atoms with Gasteiger partial charge in [-0.05, 0) is 24.3 Å². The summed E-state index contributed by atoms with van der Waals surface area (Å²) in [6.07, 6.45) is 3.19. The molecule has 0 saturated carbocycles. The monoisotopic (exact) mass is 264 g/mol. The lowest BCUT2D eigenvalue weighted by Crippen LogP contribution is -2.26. The molecular weight excluding hydrogens is 252 g/mol. The van der Waals surface area contributed by atoms with E-state index in [9.17, 15) is 4.79 Å². The number of nitrogen functional groups attached to an aromatic ring is 1. The number of halogens is 1. The van der Waals surface area contributed by atoms with Crippen molar-refractivity contribution in [3.05, 3.63) is 52.9 Å². The molecule has 0 unspecified atom stereocenters. The van der Waals surface area contributed by atoms with E-state index in [4.69, 9.17) is 21.8 Å². The molecule has 0 fully saturated rings. The number of carbonyl (C=O) groups is 1. The minimum absolute atomic E-state index is 0.112. The number of benzene rings is 1. The molecule has 0 aliphatic carbocycles. The Balaban J connectivity index is 2.12. The van der Waals surface area contributed by atoms with Gasteiger partial charge in [0.25, 0.3) is 5.91 Å². The van der Waals surface area contributed by atoms with Crippen LogP contribution in [-0.4, -0.2) is 17.9 Å². The molecule has 18 heavy (non-hydrogen) atoms. The molecule has 2 rings (SSSR count). The Morgan fingerprint density at radius 2 is 2.22 bits per heavy atom. The first-order valence-corrected chi connectivity index (χ1v) is 5.77. The number of rotatable bonds is 3. The van der Waals surface area contributed by atoms with E-state index in [2.05, 4.69) is 0 Å². The van der Waals surface area contributed by atoms with E-state index >= 15 is 0 Å². The minimum atomic E-state index is -0.112. The van der Waals surface area contributed by atoms with Crippen LogP contribution < -0.4 is 5.73 Å². The predicted octanol–water partition coefficient (Wildman–Crippen LogP) is 2.79. The molecule has 1 amide bonds. The second-order valence-electron chi connectivity index (χ2n) is 4.03. The molecular formula is C13H13ClN2O2. The van der Waals surface area contributed by atoms with Crippen molar-refractivity contribution in [1.29, 1.82) is 0 Å². The van der Waals surface area contributed by atoms with Crippen LogP contribution in [0.3, 0.4) is 0 Å². The molecule has 2 N–H and O–H groups in total. The van der Waals surface area contributed by atoms with Crippen molar-refractivity contribution in [3.63, 3.8) is 0 Å².